The van der Waals surface area contributed by atoms with Crippen LogP contribution in [0.5, 0.6) is 0 Å². The molecule has 1 rings (SSSR count). The van der Waals surface area contributed by atoms with Gasteiger partial charge in [0, 0.05) is 0 Å². The Bertz CT molecular complexity index is 431. The summed E-state index contributed by atoms with van der Waals surface area (Å²) in [4.78, 5) is 0. The predicted octanol–water partition coefficient (Wildman–Crippen LogP) is 2.32. The summed E-state index contributed by atoms with van der Waals surface area (Å²) in [6.45, 7) is 0. The van der Waals surface area contributed by atoms with Crippen molar-refractivity contribution in [2.75, 3.05) is 5.75 Å². The van der Waals surface area contributed by atoms with E-state index in [9.17, 15) is 16.7 Å². The Morgan fingerprint density at radius 2 is 2.00 bits per heavy atom. The molecular formula is C8H7ClF2O2S. The monoisotopic (exact) mass is 240 g/mol. The van der Waals surface area contributed by atoms with E-state index >= 15 is 0 Å². The minimum atomic E-state index is -4.56. The fourth-order valence-corrected chi connectivity index (χ4v) is 1.63. The molecule has 0 saturated heterocycles. The molecule has 0 amide bonds. The van der Waals surface area contributed by atoms with Gasteiger partial charge in [0.1, 0.15) is 5.82 Å². The lowest BCUT2D eigenvalue weighted by Crippen LogP contribution is -2.03. The molecule has 0 unspecified atom stereocenters. The zero-order chi connectivity index (χ0) is 10.8. The van der Waals surface area contributed by atoms with E-state index in [2.05, 4.69) is 0 Å². The fourth-order valence-electron chi connectivity index (χ4n) is 0.973. The van der Waals surface area contributed by atoms with E-state index in [4.69, 9.17) is 11.6 Å². The third-order valence-corrected chi connectivity index (χ3v) is 2.63. The van der Waals surface area contributed by atoms with Crippen LogP contribution in [0.4, 0.5) is 8.28 Å². The number of benzene rings is 1. The van der Waals surface area contributed by atoms with Crippen LogP contribution in [0, 0.1) is 5.82 Å². The molecule has 0 aliphatic heterocycles. The van der Waals surface area contributed by atoms with Crippen LogP contribution in [0.1, 0.15) is 5.56 Å². The minimum absolute atomic E-state index is 0.0960. The lowest BCUT2D eigenvalue weighted by atomic mass is 10.1. The zero-order valence-corrected chi connectivity index (χ0v) is 8.58. The number of hydrogen-bond acceptors (Lipinski definition) is 2. The summed E-state index contributed by atoms with van der Waals surface area (Å²) in [6.07, 6.45) is -0.217. The smallest absolute Gasteiger partial charge is 0.205 e. The minimum Gasteiger partial charge on any atom is -0.205 e. The summed E-state index contributed by atoms with van der Waals surface area (Å²) in [6, 6.07) is 4.18. The Hall–Kier alpha value is -0.680. The molecule has 0 saturated carbocycles. The second kappa shape index (κ2) is 4.23. The standard InChI is InChI=1S/C8H7ClF2O2S/c9-7-3-1-2-6(8(7)10)4-5-14(11,12)13/h1-3H,4-5H2. The van der Waals surface area contributed by atoms with Gasteiger partial charge in [-0.15, -0.1) is 3.89 Å². The molecule has 0 aliphatic rings. The maximum absolute atomic E-state index is 13.1. The van der Waals surface area contributed by atoms with E-state index in [1.54, 1.807) is 0 Å². The topological polar surface area (TPSA) is 34.1 Å². The third kappa shape index (κ3) is 3.23. The SMILES string of the molecule is O=S(=O)(F)CCc1cccc(Cl)c1F. The lowest BCUT2D eigenvalue weighted by Gasteiger charge is -2.01. The predicted molar refractivity (Wildman–Crippen MR) is 50.0 cm³/mol. The molecule has 0 bridgehead atoms. The number of hydrogen-bond donors (Lipinski definition) is 0. The van der Waals surface area contributed by atoms with Gasteiger partial charge in [0.05, 0.1) is 10.8 Å². The Balaban J connectivity index is 2.83. The third-order valence-electron chi connectivity index (χ3n) is 1.65. The van der Waals surface area contributed by atoms with Gasteiger partial charge in [-0.05, 0) is 18.1 Å². The van der Waals surface area contributed by atoms with Crippen molar-refractivity contribution in [3.05, 3.63) is 34.6 Å². The van der Waals surface area contributed by atoms with E-state index in [1.165, 1.54) is 18.2 Å². The fraction of sp³-hybridized carbons (Fsp3) is 0.250. The molecule has 2 nitrogen and oxygen atoms in total. The maximum atomic E-state index is 13.1. The molecule has 0 aliphatic carbocycles. The van der Waals surface area contributed by atoms with Crippen molar-refractivity contribution in [3.63, 3.8) is 0 Å². The van der Waals surface area contributed by atoms with Gasteiger partial charge in [0.25, 0.3) is 0 Å². The summed E-state index contributed by atoms with van der Waals surface area (Å²) in [7, 11) is -4.56. The Morgan fingerprint density at radius 1 is 1.36 bits per heavy atom. The molecule has 0 aromatic heterocycles. The van der Waals surface area contributed by atoms with Crippen molar-refractivity contribution in [2.45, 2.75) is 6.42 Å². The molecule has 0 heterocycles. The maximum Gasteiger partial charge on any atom is 0.302 e. The van der Waals surface area contributed by atoms with Crippen LogP contribution in [0.15, 0.2) is 18.2 Å². The van der Waals surface area contributed by atoms with Crippen molar-refractivity contribution >= 4 is 21.8 Å². The lowest BCUT2D eigenvalue weighted by molar-refractivity contribution is 0.550. The number of aryl methyl sites for hydroxylation is 1. The van der Waals surface area contributed by atoms with Gasteiger partial charge < -0.3 is 0 Å². The average molecular weight is 241 g/mol. The summed E-state index contributed by atoms with van der Waals surface area (Å²) < 4.78 is 45.6. The molecule has 14 heavy (non-hydrogen) atoms. The Morgan fingerprint density at radius 3 is 2.57 bits per heavy atom. The van der Waals surface area contributed by atoms with Gasteiger partial charge in [-0.1, -0.05) is 23.7 Å². The van der Waals surface area contributed by atoms with Crippen LogP contribution < -0.4 is 0 Å². The molecule has 6 heteroatoms. The number of rotatable bonds is 3. The van der Waals surface area contributed by atoms with Crippen molar-refractivity contribution < 1.29 is 16.7 Å². The molecule has 0 radical (unpaired) electrons. The first-order valence-corrected chi connectivity index (χ1v) is 5.68. The zero-order valence-electron chi connectivity index (χ0n) is 7.00. The second-order valence-electron chi connectivity index (χ2n) is 2.71. The summed E-state index contributed by atoms with van der Waals surface area (Å²) >= 11 is 5.45. The van der Waals surface area contributed by atoms with Crippen molar-refractivity contribution in [3.8, 4) is 0 Å². The van der Waals surface area contributed by atoms with E-state index in [0.717, 1.165) is 0 Å². The second-order valence-corrected chi connectivity index (χ2v) is 4.60. The van der Waals surface area contributed by atoms with Crippen LogP contribution in [-0.4, -0.2) is 14.2 Å². The normalized spacial score (nSPS) is 11.6. The van der Waals surface area contributed by atoms with Crippen molar-refractivity contribution in [1.29, 1.82) is 0 Å². The van der Waals surface area contributed by atoms with E-state index in [1.807, 2.05) is 0 Å². The summed E-state index contributed by atoms with van der Waals surface area (Å²) in [5.74, 6) is -1.43. The van der Waals surface area contributed by atoms with Gasteiger partial charge in [0.2, 0.25) is 0 Å². The highest BCUT2D eigenvalue weighted by molar-refractivity contribution is 7.86. The highest BCUT2D eigenvalue weighted by Gasteiger charge is 2.11. The van der Waals surface area contributed by atoms with Gasteiger partial charge in [-0.2, -0.15) is 8.42 Å². The Labute approximate surface area is 85.7 Å². The van der Waals surface area contributed by atoms with Gasteiger partial charge >= 0.3 is 10.2 Å². The largest absolute Gasteiger partial charge is 0.302 e. The van der Waals surface area contributed by atoms with Gasteiger partial charge in [-0.3, -0.25) is 0 Å². The summed E-state index contributed by atoms with van der Waals surface area (Å²) in [5.41, 5.74) is 0.0960. The summed E-state index contributed by atoms with van der Waals surface area (Å²) in [5, 5.41) is -0.0984. The first-order valence-electron chi connectivity index (χ1n) is 3.75. The molecule has 0 atom stereocenters. The molecule has 0 spiro atoms. The van der Waals surface area contributed by atoms with Crippen LogP contribution in [0.25, 0.3) is 0 Å². The molecule has 0 N–H and O–H groups in total. The first kappa shape index (κ1) is 11.4. The molecule has 1 aromatic carbocycles. The number of halogens is 3. The highest BCUT2D eigenvalue weighted by atomic mass is 35.5. The first-order chi connectivity index (χ1) is 6.40. The van der Waals surface area contributed by atoms with Gasteiger partial charge in [-0.25, -0.2) is 4.39 Å². The highest BCUT2D eigenvalue weighted by Crippen LogP contribution is 2.18. The van der Waals surface area contributed by atoms with Crippen LogP contribution in [0.3, 0.4) is 0 Å². The van der Waals surface area contributed by atoms with Gasteiger partial charge in [0.15, 0.2) is 0 Å². The van der Waals surface area contributed by atoms with Crippen molar-refractivity contribution in [1.82, 2.24) is 0 Å². The molecular weight excluding hydrogens is 234 g/mol. The van der Waals surface area contributed by atoms with Crippen LogP contribution in [-0.2, 0) is 16.6 Å². The molecule has 1 aromatic rings. The molecule has 78 valence electrons. The van der Waals surface area contributed by atoms with Crippen LogP contribution in [0.2, 0.25) is 5.02 Å². The molecule has 0 fully saturated rings. The van der Waals surface area contributed by atoms with Crippen LogP contribution >= 0.6 is 11.6 Å². The quantitative estimate of drug-likeness (QED) is 0.760. The Kier molecular flexibility index (Phi) is 3.44. The van der Waals surface area contributed by atoms with E-state index in [0.29, 0.717) is 0 Å². The van der Waals surface area contributed by atoms with E-state index < -0.39 is 21.8 Å². The average Bonchev–Trinajstić information content (AvgIpc) is 2.06. The van der Waals surface area contributed by atoms with Crippen molar-refractivity contribution in [2.24, 2.45) is 0 Å². The van der Waals surface area contributed by atoms with E-state index in [-0.39, 0.29) is 17.0 Å².